The lowest BCUT2D eigenvalue weighted by Crippen LogP contribution is -2.35. The van der Waals surface area contributed by atoms with Crippen molar-refractivity contribution in [1.82, 2.24) is 9.78 Å². The van der Waals surface area contributed by atoms with E-state index in [1.807, 2.05) is 11.6 Å². The van der Waals surface area contributed by atoms with Crippen LogP contribution >= 0.6 is 0 Å². The molecule has 2 heterocycles. The Labute approximate surface area is 108 Å². The molecule has 0 aliphatic carbocycles. The first-order valence-electron chi connectivity index (χ1n) is 6.51. The lowest BCUT2D eigenvalue weighted by Gasteiger charge is -2.30. The van der Waals surface area contributed by atoms with Gasteiger partial charge in [0.2, 0.25) is 0 Å². The van der Waals surface area contributed by atoms with Gasteiger partial charge < -0.3 is 14.6 Å². The van der Waals surface area contributed by atoms with E-state index in [0.29, 0.717) is 19.0 Å². The lowest BCUT2D eigenvalue weighted by molar-refractivity contribution is -0.0191. The number of aryl methyl sites for hydroxylation is 1. The highest BCUT2D eigenvalue weighted by atomic mass is 16.5. The van der Waals surface area contributed by atoms with Crippen LogP contribution in [0.15, 0.2) is 6.20 Å². The summed E-state index contributed by atoms with van der Waals surface area (Å²) in [5, 5.41) is 15.2. The normalized spacial score (nSPS) is 23.0. The van der Waals surface area contributed by atoms with Gasteiger partial charge in [0, 0.05) is 19.1 Å². The SMILES string of the molecule is CCCn1ncc(OC)c1C(C)(O)C1CCOC1. The fraction of sp³-hybridized carbons (Fsp3) is 0.769. The molecule has 18 heavy (non-hydrogen) atoms. The van der Waals surface area contributed by atoms with Crippen LogP contribution in [0.3, 0.4) is 0 Å². The molecule has 5 heteroatoms. The third kappa shape index (κ3) is 2.24. The maximum atomic E-state index is 10.9. The second kappa shape index (κ2) is 5.28. The smallest absolute Gasteiger partial charge is 0.162 e. The minimum absolute atomic E-state index is 0.0960. The van der Waals surface area contributed by atoms with Crippen LogP contribution in [-0.2, 0) is 16.9 Å². The van der Waals surface area contributed by atoms with Gasteiger partial charge in [0.25, 0.3) is 0 Å². The van der Waals surface area contributed by atoms with Gasteiger partial charge in [0.1, 0.15) is 11.3 Å². The summed E-state index contributed by atoms with van der Waals surface area (Å²) in [6, 6.07) is 0. The van der Waals surface area contributed by atoms with Crippen LogP contribution in [-0.4, -0.2) is 35.2 Å². The number of ether oxygens (including phenoxy) is 2. The van der Waals surface area contributed by atoms with Crippen LogP contribution in [0.4, 0.5) is 0 Å². The van der Waals surface area contributed by atoms with Crippen molar-refractivity contribution in [1.29, 1.82) is 0 Å². The van der Waals surface area contributed by atoms with Crippen molar-refractivity contribution in [2.24, 2.45) is 5.92 Å². The molecule has 0 bridgehead atoms. The summed E-state index contributed by atoms with van der Waals surface area (Å²) in [4.78, 5) is 0. The van der Waals surface area contributed by atoms with Crippen molar-refractivity contribution in [3.05, 3.63) is 11.9 Å². The average molecular weight is 254 g/mol. The molecule has 0 saturated carbocycles. The van der Waals surface area contributed by atoms with Gasteiger partial charge in [-0.2, -0.15) is 5.10 Å². The summed E-state index contributed by atoms with van der Waals surface area (Å²) in [6.45, 7) is 6.00. The topological polar surface area (TPSA) is 56.5 Å². The molecule has 1 saturated heterocycles. The van der Waals surface area contributed by atoms with Crippen LogP contribution < -0.4 is 4.74 Å². The number of hydrogen-bond donors (Lipinski definition) is 1. The summed E-state index contributed by atoms with van der Waals surface area (Å²) in [7, 11) is 1.61. The summed E-state index contributed by atoms with van der Waals surface area (Å²) in [5.74, 6) is 0.749. The predicted octanol–water partition coefficient (Wildman–Crippen LogP) is 1.55. The van der Waals surface area contributed by atoms with Crippen LogP contribution in [0.1, 0.15) is 32.4 Å². The summed E-state index contributed by atoms with van der Waals surface area (Å²) in [6.07, 6.45) is 3.51. The van der Waals surface area contributed by atoms with E-state index in [-0.39, 0.29) is 5.92 Å². The van der Waals surface area contributed by atoms with Gasteiger partial charge in [-0.05, 0) is 19.8 Å². The van der Waals surface area contributed by atoms with E-state index in [2.05, 4.69) is 12.0 Å². The number of rotatable bonds is 5. The first-order chi connectivity index (χ1) is 8.61. The zero-order valence-electron chi connectivity index (χ0n) is 11.3. The Bertz CT molecular complexity index is 395. The van der Waals surface area contributed by atoms with Crippen molar-refractivity contribution in [2.45, 2.75) is 38.8 Å². The number of nitrogens with zero attached hydrogens (tertiary/aromatic N) is 2. The van der Waals surface area contributed by atoms with Gasteiger partial charge in [-0.3, -0.25) is 4.68 Å². The van der Waals surface area contributed by atoms with Gasteiger partial charge in [0.15, 0.2) is 5.75 Å². The Hall–Kier alpha value is -1.07. The number of aliphatic hydroxyl groups is 1. The first-order valence-corrected chi connectivity index (χ1v) is 6.51. The predicted molar refractivity (Wildman–Crippen MR) is 67.6 cm³/mol. The molecule has 0 radical (unpaired) electrons. The van der Waals surface area contributed by atoms with E-state index in [1.54, 1.807) is 13.3 Å². The summed E-state index contributed by atoms with van der Waals surface area (Å²) >= 11 is 0. The highest BCUT2D eigenvalue weighted by Gasteiger charge is 2.41. The summed E-state index contributed by atoms with van der Waals surface area (Å²) < 4.78 is 12.6. The maximum absolute atomic E-state index is 10.9. The Kier molecular flexibility index (Phi) is 3.92. The molecule has 0 amide bonds. The molecule has 1 N–H and O–H groups in total. The molecular formula is C13H22N2O3. The minimum Gasteiger partial charge on any atom is -0.493 e. The van der Waals surface area contributed by atoms with Crippen molar-refractivity contribution in [3.8, 4) is 5.75 Å². The van der Waals surface area contributed by atoms with Crippen molar-refractivity contribution in [3.63, 3.8) is 0 Å². The van der Waals surface area contributed by atoms with Crippen LogP contribution in [0, 0.1) is 5.92 Å². The third-order valence-corrected chi connectivity index (χ3v) is 3.67. The van der Waals surface area contributed by atoms with Crippen molar-refractivity contribution >= 4 is 0 Å². The van der Waals surface area contributed by atoms with E-state index < -0.39 is 5.60 Å². The van der Waals surface area contributed by atoms with Gasteiger partial charge in [-0.1, -0.05) is 6.92 Å². The molecule has 1 aliphatic heterocycles. The van der Waals surface area contributed by atoms with E-state index in [0.717, 1.165) is 25.1 Å². The second-order valence-corrected chi connectivity index (χ2v) is 4.99. The second-order valence-electron chi connectivity index (χ2n) is 4.99. The fourth-order valence-electron chi connectivity index (χ4n) is 2.58. The molecule has 2 unspecified atom stereocenters. The zero-order chi connectivity index (χ0) is 13.2. The molecule has 102 valence electrons. The largest absolute Gasteiger partial charge is 0.493 e. The van der Waals surface area contributed by atoms with Crippen LogP contribution in [0.5, 0.6) is 5.75 Å². The Morgan fingerprint density at radius 2 is 2.44 bits per heavy atom. The van der Waals surface area contributed by atoms with E-state index >= 15 is 0 Å². The quantitative estimate of drug-likeness (QED) is 0.866. The Morgan fingerprint density at radius 3 is 3.00 bits per heavy atom. The number of methoxy groups -OCH3 is 1. The Balaban J connectivity index is 2.36. The molecule has 2 atom stereocenters. The van der Waals surface area contributed by atoms with Crippen molar-refractivity contribution < 1.29 is 14.6 Å². The minimum atomic E-state index is -0.965. The summed E-state index contributed by atoms with van der Waals surface area (Å²) in [5.41, 5.74) is -0.199. The van der Waals surface area contributed by atoms with Gasteiger partial charge in [-0.15, -0.1) is 0 Å². The Morgan fingerprint density at radius 1 is 1.67 bits per heavy atom. The molecule has 1 fully saturated rings. The van der Waals surface area contributed by atoms with Gasteiger partial charge in [0.05, 0.1) is 19.9 Å². The van der Waals surface area contributed by atoms with Gasteiger partial charge in [-0.25, -0.2) is 0 Å². The molecule has 5 nitrogen and oxygen atoms in total. The highest BCUT2D eigenvalue weighted by Crippen LogP contribution is 2.39. The van der Waals surface area contributed by atoms with Crippen LogP contribution in [0.25, 0.3) is 0 Å². The van der Waals surface area contributed by atoms with Crippen molar-refractivity contribution in [2.75, 3.05) is 20.3 Å². The van der Waals surface area contributed by atoms with E-state index in [1.165, 1.54) is 0 Å². The molecule has 1 aromatic heterocycles. The highest BCUT2D eigenvalue weighted by molar-refractivity contribution is 5.31. The average Bonchev–Trinajstić information content (AvgIpc) is 2.98. The molecular weight excluding hydrogens is 232 g/mol. The van der Waals surface area contributed by atoms with Gasteiger partial charge >= 0.3 is 0 Å². The monoisotopic (exact) mass is 254 g/mol. The number of aromatic nitrogens is 2. The molecule has 1 aliphatic rings. The molecule has 0 aromatic carbocycles. The zero-order valence-corrected chi connectivity index (χ0v) is 11.3. The third-order valence-electron chi connectivity index (χ3n) is 3.67. The van der Waals surface area contributed by atoms with Crippen LogP contribution in [0.2, 0.25) is 0 Å². The van der Waals surface area contributed by atoms with E-state index in [4.69, 9.17) is 9.47 Å². The standard InChI is InChI=1S/C13H22N2O3/c1-4-6-15-12(11(17-3)8-14-15)13(2,16)10-5-7-18-9-10/h8,10,16H,4-7,9H2,1-3H3. The maximum Gasteiger partial charge on any atom is 0.162 e. The molecule has 0 spiro atoms. The molecule has 1 aromatic rings. The fourth-order valence-corrected chi connectivity index (χ4v) is 2.58. The first kappa shape index (κ1) is 13.4. The molecule has 2 rings (SSSR count). The van der Waals surface area contributed by atoms with E-state index in [9.17, 15) is 5.11 Å². The number of hydrogen-bond acceptors (Lipinski definition) is 4. The lowest BCUT2D eigenvalue weighted by atomic mass is 9.85.